The number of hydrogen-bond acceptors (Lipinski definition) is 8. The summed E-state index contributed by atoms with van der Waals surface area (Å²) in [6, 6.07) is 9.65. The lowest BCUT2D eigenvalue weighted by molar-refractivity contribution is 0.0824. The number of aromatic nitrogens is 2. The Balaban J connectivity index is 1.71. The van der Waals surface area contributed by atoms with E-state index in [9.17, 15) is 19.5 Å². The summed E-state index contributed by atoms with van der Waals surface area (Å²) in [6.45, 7) is 2.07. The minimum absolute atomic E-state index is 0.0167. The second kappa shape index (κ2) is 9.22. The molecule has 1 aromatic heterocycles. The number of ether oxygens (including phenoxy) is 2. The van der Waals surface area contributed by atoms with E-state index in [0.717, 1.165) is 5.56 Å². The number of carbonyl (C=O) groups is 1. The summed E-state index contributed by atoms with van der Waals surface area (Å²) in [4.78, 5) is 39.1. The first-order chi connectivity index (χ1) is 16.3. The fraction of sp³-hybridized carbons (Fsp3) is 0.261. The van der Waals surface area contributed by atoms with Gasteiger partial charge in [-0.2, -0.15) is 0 Å². The summed E-state index contributed by atoms with van der Waals surface area (Å²) in [6.07, 6.45) is 0.587. The number of anilines is 3. The van der Waals surface area contributed by atoms with Crippen molar-refractivity contribution in [1.29, 1.82) is 0 Å². The minimum Gasteiger partial charge on any atom is -0.505 e. The van der Waals surface area contributed by atoms with Crippen LogP contribution in [0.3, 0.4) is 0 Å². The molecule has 1 atom stereocenters. The van der Waals surface area contributed by atoms with Crippen molar-refractivity contribution >= 4 is 23.0 Å². The predicted octanol–water partition coefficient (Wildman–Crippen LogP) is 2.51. The lowest BCUT2D eigenvalue weighted by Crippen LogP contribution is -2.27. The third-order valence-corrected chi connectivity index (χ3v) is 5.45. The van der Waals surface area contributed by atoms with Gasteiger partial charge in [0.05, 0.1) is 17.3 Å². The van der Waals surface area contributed by atoms with Crippen LogP contribution in [-0.4, -0.2) is 47.0 Å². The van der Waals surface area contributed by atoms with Crippen LogP contribution in [0, 0.1) is 0 Å². The van der Waals surface area contributed by atoms with Crippen molar-refractivity contribution < 1.29 is 19.4 Å². The molecule has 178 valence electrons. The summed E-state index contributed by atoms with van der Waals surface area (Å²) in [5.74, 6) is 0.489. The zero-order chi connectivity index (χ0) is 24.4. The third-order valence-electron chi connectivity index (χ3n) is 5.45. The maximum Gasteiger partial charge on any atom is 0.288 e. The first-order valence-corrected chi connectivity index (χ1v) is 10.6. The van der Waals surface area contributed by atoms with E-state index in [-0.39, 0.29) is 41.2 Å². The largest absolute Gasteiger partial charge is 0.505 e. The molecule has 0 spiro atoms. The van der Waals surface area contributed by atoms with Gasteiger partial charge in [0.15, 0.2) is 17.2 Å². The van der Waals surface area contributed by atoms with Gasteiger partial charge in [0.25, 0.3) is 17.0 Å². The van der Waals surface area contributed by atoms with Crippen molar-refractivity contribution in [2.75, 3.05) is 31.5 Å². The minimum atomic E-state index is -0.619. The molecule has 0 saturated heterocycles. The molecule has 0 aliphatic carbocycles. The second-order valence-corrected chi connectivity index (χ2v) is 7.90. The first kappa shape index (κ1) is 22.8. The van der Waals surface area contributed by atoms with Crippen molar-refractivity contribution in [1.82, 2.24) is 15.1 Å². The van der Waals surface area contributed by atoms with Crippen LogP contribution in [0.15, 0.2) is 46.0 Å². The van der Waals surface area contributed by atoms with Gasteiger partial charge in [-0.05, 0) is 36.2 Å². The molecule has 11 nitrogen and oxygen atoms in total. The van der Waals surface area contributed by atoms with Crippen molar-refractivity contribution in [3.63, 3.8) is 0 Å². The van der Waals surface area contributed by atoms with E-state index in [4.69, 9.17) is 9.47 Å². The summed E-state index contributed by atoms with van der Waals surface area (Å²) in [5.41, 5.74) is -0.322. The Labute approximate surface area is 194 Å². The first-order valence-electron chi connectivity index (χ1n) is 10.6. The maximum absolute atomic E-state index is 12.7. The number of hydrogen-bond donors (Lipinski definition) is 5. The molecule has 1 aliphatic heterocycles. The summed E-state index contributed by atoms with van der Waals surface area (Å²) in [7, 11) is 3.12. The number of aromatic hydroxyl groups is 1. The van der Waals surface area contributed by atoms with Gasteiger partial charge in [-0.25, -0.2) is 0 Å². The van der Waals surface area contributed by atoms with E-state index in [2.05, 4.69) is 20.8 Å². The quantitative estimate of drug-likeness (QED) is 0.333. The van der Waals surface area contributed by atoms with Gasteiger partial charge in [0, 0.05) is 14.1 Å². The number of H-pyrrole nitrogens is 2. The lowest BCUT2D eigenvalue weighted by Gasteiger charge is -2.21. The molecule has 1 aliphatic rings. The van der Waals surface area contributed by atoms with E-state index >= 15 is 0 Å². The Morgan fingerprint density at radius 3 is 2.50 bits per heavy atom. The van der Waals surface area contributed by atoms with Crippen molar-refractivity contribution in [3.05, 3.63) is 68.2 Å². The third kappa shape index (κ3) is 4.27. The van der Waals surface area contributed by atoms with Gasteiger partial charge in [-0.3, -0.25) is 24.6 Å². The standard InChI is InChI=1S/C23H25N5O6/c1-4-14(12-8-9-16-17(10-12)34-11-33-16)24-18-19(22(31)27-26-21(18)30)25-15-7-5-6-13(20(15)29)23(32)28(2)3/h5-10,14,29H,4,11H2,1-3H3,(H2,24,27,31)(H2,25,26,30)/t14-/m1/s1. The number of rotatable bonds is 7. The number of carbonyl (C=O) groups excluding carboxylic acids is 1. The Kier molecular flexibility index (Phi) is 6.17. The molecule has 5 N–H and O–H groups in total. The molecule has 0 bridgehead atoms. The van der Waals surface area contributed by atoms with Crippen LogP contribution in [-0.2, 0) is 0 Å². The number of benzene rings is 2. The van der Waals surface area contributed by atoms with Crippen LogP contribution in [0.4, 0.5) is 17.1 Å². The van der Waals surface area contributed by atoms with E-state index in [0.29, 0.717) is 17.9 Å². The molecule has 3 aromatic rings. The highest BCUT2D eigenvalue weighted by atomic mass is 16.7. The van der Waals surface area contributed by atoms with Gasteiger partial charge in [-0.1, -0.05) is 19.1 Å². The van der Waals surface area contributed by atoms with Crippen LogP contribution < -0.4 is 31.2 Å². The van der Waals surface area contributed by atoms with Gasteiger partial charge in [0.1, 0.15) is 11.4 Å². The zero-order valence-electron chi connectivity index (χ0n) is 18.9. The normalized spacial score (nSPS) is 12.8. The zero-order valence-corrected chi connectivity index (χ0v) is 18.9. The number of fused-ring (bicyclic) bond motifs is 1. The Morgan fingerprint density at radius 1 is 1.09 bits per heavy atom. The number of aromatic amines is 2. The van der Waals surface area contributed by atoms with Crippen molar-refractivity contribution in [2.45, 2.75) is 19.4 Å². The fourth-order valence-corrected chi connectivity index (χ4v) is 3.64. The Morgan fingerprint density at radius 2 is 1.79 bits per heavy atom. The van der Waals surface area contributed by atoms with E-state index < -0.39 is 17.0 Å². The highest BCUT2D eigenvalue weighted by Gasteiger charge is 2.22. The highest BCUT2D eigenvalue weighted by Crippen LogP contribution is 2.36. The number of nitrogens with zero attached hydrogens (tertiary/aromatic N) is 1. The van der Waals surface area contributed by atoms with Crippen LogP contribution in [0.5, 0.6) is 17.2 Å². The molecular formula is C23H25N5O6. The molecule has 0 fully saturated rings. The number of phenols is 1. The Bertz CT molecular complexity index is 1350. The fourth-order valence-electron chi connectivity index (χ4n) is 3.64. The van der Waals surface area contributed by atoms with E-state index in [1.807, 2.05) is 19.1 Å². The van der Waals surface area contributed by atoms with Gasteiger partial charge < -0.3 is 30.1 Å². The molecule has 2 heterocycles. The average Bonchev–Trinajstić information content (AvgIpc) is 3.30. The van der Waals surface area contributed by atoms with Gasteiger partial charge in [0.2, 0.25) is 6.79 Å². The average molecular weight is 467 g/mol. The van der Waals surface area contributed by atoms with Crippen LogP contribution in [0.1, 0.15) is 35.3 Å². The Hall–Kier alpha value is -4.41. The van der Waals surface area contributed by atoms with Crippen molar-refractivity contribution in [3.8, 4) is 17.2 Å². The predicted molar refractivity (Wildman–Crippen MR) is 126 cm³/mol. The highest BCUT2D eigenvalue weighted by molar-refractivity contribution is 5.98. The van der Waals surface area contributed by atoms with Crippen molar-refractivity contribution in [2.24, 2.45) is 0 Å². The molecule has 0 unspecified atom stereocenters. The second-order valence-electron chi connectivity index (χ2n) is 7.90. The van der Waals surface area contributed by atoms with Crippen LogP contribution in [0.2, 0.25) is 0 Å². The van der Waals surface area contributed by atoms with Crippen LogP contribution in [0.25, 0.3) is 0 Å². The number of nitrogens with one attached hydrogen (secondary N) is 4. The summed E-state index contributed by atoms with van der Waals surface area (Å²) >= 11 is 0. The number of para-hydroxylation sites is 1. The molecule has 11 heteroatoms. The molecule has 2 aromatic carbocycles. The smallest absolute Gasteiger partial charge is 0.288 e. The lowest BCUT2D eigenvalue weighted by atomic mass is 10.0. The molecule has 1 amide bonds. The summed E-state index contributed by atoms with van der Waals surface area (Å²) in [5, 5.41) is 21.2. The molecule has 34 heavy (non-hydrogen) atoms. The molecule has 0 saturated carbocycles. The molecule has 4 rings (SSSR count). The van der Waals surface area contributed by atoms with Gasteiger partial charge in [-0.15, -0.1) is 0 Å². The van der Waals surface area contributed by atoms with E-state index in [1.165, 1.54) is 17.0 Å². The maximum atomic E-state index is 12.7. The number of amides is 1. The van der Waals surface area contributed by atoms with Gasteiger partial charge >= 0.3 is 0 Å². The number of phenolic OH excluding ortho intramolecular Hbond substituents is 1. The monoisotopic (exact) mass is 467 g/mol. The van der Waals surface area contributed by atoms with E-state index in [1.54, 1.807) is 26.2 Å². The SMILES string of the molecule is CC[C@@H](Nc1c(Nc2cccc(C(=O)N(C)C)c2O)c(=O)[nH][nH]c1=O)c1ccc2c(c1)OCO2. The summed E-state index contributed by atoms with van der Waals surface area (Å²) < 4.78 is 10.8. The van der Waals surface area contributed by atoms with Crippen LogP contribution >= 0.6 is 0 Å². The molecular weight excluding hydrogens is 442 g/mol. The molecule has 0 radical (unpaired) electrons. The topological polar surface area (TPSA) is 149 Å².